The molecule has 2 N–H and O–H groups in total. The van der Waals surface area contributed by atoms with Gasteiger partial charge in [0.2, 0.25) is 0 Å². The number of esters is 1. The minimum atomic E-state index is -0.736. The molecule has 0 atom stereocenters. The second kappa shape index (κ2) is 7.81. The zero-order valence-corrected chi connectivity index (χ0v) is 14.4. The van der Waals surface area contributed by atoms with E-state index in [0.717, 1.165) is 5.82 Å². The summed E-state index contributed by atoms with van der Waals surface area (Å²) in [7, 11) is 1.34. The molecule has 0 saturated carbocycles. The second-order valence-electron chi connectivity index (χ2n) is 6.06. The van der Waals surface area contributed by atoms with Crippen LogP contribution >= 0.6 is 0 Å². The summed E-state index contributed by atoms with van der Waals surface area (Å²) in [5.41, 5.74) is 1.16. The van der Waals surface area contributed by atoms with E-state index in [4.69, 9.17) is 9.84 Å². The van der Waals surface area contributed by atoms with Crippen molar-refractivity contribution in [3.8, 4) is 0 Å². The van der Waals surface area contributed by atoms with Gasteiger partial charge < -0.3 is 20.1 Å². The number of carbonyl (C=O) groups excluding carboxylic acids is 1. The summed E-state index contributed by atoms with van der Waals surface area (Å²) >= 11 is 0. The molecule has 0 aliphatic carbocycles. The number of nitrogens with zero attached hydrogens (tertiary/aromatic N) is 3. The number of carbonyl (C=O) groups is 2. The molecular weight excluding hydrogens is 336 g/mol. The highest BCUT2D eigenvalue weighted by Crippen LogP contribution is 2.24. The van der Waals surface area contributed by atoms with Crippen molar-refractivity contribution in [1.82, 2.24) is 9.97 Å². The van der Waals surface area contributed by atoms with Crippen molar-refractivity contribution in [2.45, 2.75) is 12.8 Å². The van der Waals surface area contributed by atoms with Crippen molar-refractivity contribution in [3.05, 3.63) is 42.2 Å². The van der Waals surface area contributed by atoms with Crippen LogP contribution < -0.4 is 10.2 Å². The SMILES string of the molecule is COC(=O)c1cccc(Nc2cc(N3CCC(C(=O)O)CC3)ncn2)c1. The Morgan fingerprint density at radius 3 is 2.69 bits per heavy atom. The van der Waals surface area contributed by atoms with E-state index in [2.05, 4.69) is 20.2 Å². The third-order valence-electron chi connectivity index (χ3n) is 4.38. The summed E-state index contributed by atoms with van der Waals surface area (Å²) in [6, 6.07) is 8.76. The number of methoxy groups -OCH3 is 1. The van der Waals surface area contributed by atoms with E-state index in [1.807, 2.05) is 12.1 Å². The molecule has 0 unspecified atom stereocenters. The smallest absolute Gasteiger partial charge is 0.337 e. The summed E-state index contributed by atoms with van der Waals surface area (Å²) < 4.78 is 4.72. The number of rotatable bonds is 5. The lowest BCUT2D eigenvalue weighted by atomic mass is 9.97. The maximum absolute atomic E-state index is 11.6. The van der Waals surface area contributed by atoms with E-state index in [9.17, 15) is 9.59 Å². The van der Waals surface area contributed by atoms with Gasteiger partial charge in [0.1, 0.15) is 18.0 Å². The molecule has 1 saturated heterocycles. The molecule has 1 aliphatic rings. The quantitative estimate of drug-likeness (QED) is 0.787. The van der Waals surface area contributed by atoms with Gasteiger partial charge in [-0.15, -0.1) is 0 Å². The molecular formula is C18H20N4O4. The van der Waals surface area contributed by atoms with E-state index in [-0.39, 0.29) is 5.92 Å². The molecule has 1 aromatic heterocycles. The molecule has 1 fully saturated rings. The average molecular weight is 356 g/mol. The van der Waals surface area contributed by atoms with Crippen molar-refractivity contribution in [3.63, 3.8) is 0 Å². The number of carboxylic acids is 1. The summed E-state index contributed by atoms with van der Waals surface area (Å²) in [5.74, 6) is -0.0851. The molecule has 0 radical (unpaired) electrons. The highest BCUT2D eigenvalue weighted by atomic mass is 16.5. The maximum Gasteiger partial charge on any atom is 0.337 e. The number of carboxylic acid groups (broad SMARTS) is 1. The summed E-state index contributed by atoms with van der Waals surface area (Å²) in [5, 5.41) is 12.2. The van der Waals surface area contributed by atoms with Crippen LogP contribution in [-0.4, -0.2) is 47.2 Å². The van der Waals surface area contributed by atoms with Crippen LogP contribution in [0.5, 0.6) is 0 Å². The molecule has 8 heteroatoms. The van der Waals surface area contributed by atoms with Crippen molar-refractivity contribution in [1.29, 1.82) is 0 Å². The standard InChI is InChI=1S/C18H20N4O4/c1-26-18(25)13-3-2-4-14(9-13)21-15-10-16(20-11-19-15)22-7-5-12(6-8-22)17(23)24/h2-4,9-12H,5-8H2,1H3,(H,23,24)(H,19,20,21). The molecule has 136 valence electrons. The van der Waals surface area contributed by atoms with Gasteiger partial charge >= 0.3 is 11.9 Å². The number of nitrogens with one attached hydrogen (secondary N) is 1. The second-order valence-corrected chi connectivity index (χ2v) is 6.06. The molecule has 1 aliphatic heterocycles. The Hall–Kier alpha value is -3.16. The fraction of sp³-hybridized carbons (Fsp3) is 0.333. The molecule has 8 nitrogen and oxygen atoms in total. The Morgan fingerprint density at radius 2 is 2.00 bits per heavy atom. The Balaban J connectivity index is 1.70. The Kier molecular flexibility index (Phi) is 5.31. The molecule has 2 aromatic rings. The van der Waals surface area contributed by atoms with Crippen LogP contribution in [-0.2, 0) is 9.53 Å². The van der Waals surface area contributed by atoms with Gasteiger partial charge in [0.15, 0.2) is 0 Å². The predicted octanol–water partition coefficient (Wildman–Crippen LogP) is 2.31. The van der Waals surface area contributed by atoms with Crippen molar-refractivity contribution < 1.29 is 19.4 Å². The van der Waals surface area contributed by atoms with Gasteiger partial charge in [-0.2, -0.15) is 0 Å². The first kappa shape index (κ1) is 17.7. The predicted molar refractivity (Wildman–Crippen MR) is 95.7 cm³/mol. The van der Waals surface area contributed by atoms with E-state index < -0.39 is 11.9 Å². The van der Waals surface area contributed by atoms with Gasteiger partial charge in [0.25, 0.3) is 0 Å². The Bertz CT molecular complexity index is 803. The number of ether oxygens (including phenoxy) is 1. The number of benzene rings is 1. The fourth-order valence-electron chi connectivity index (χ4n) is 2.93. The average Bonchev–Trinajstić information content (AvgIpc) is 2.68. The Labute approximate surface area is 150 Å². The molecule has 3 rings (SSSR count). The Morgan fingerprint density at radius 1 is 1.23 bits per heavy atom. The first-order valence-corrected chi connectivity index (χ1v) is 8.32. The highest BCUT2D eigenvalue weighted by Gasteiger charge is 2.25. The largest absolute Gasteiger partial charge is 0.481 e. The van der Waals surface area contributed by atoms with Crippen LogP contribution in [0.15, 0.2) is 36.7 Å². The van der Waals surface area contributed by atoms with E-state index in [1.54, 1.807) is 18.2 Å². The molecule has 2 heterocycles. The summed E-state index contributed by atoms with van der Waals surface area (Å²) in [6.45, 7) is 1.29. The number of aliphatic carboxylic acids is 1. The molecule has 0 bridgehead atoms. The van der Waals surface area contributed by atoms with Crippen molar-refractivity contribution in [2.75, 3.05) is 30.4 Å². The van der Waals surface area contributed by atoms with Crippen molar-refractivity contribution >= 4 is 29.3 Å². The first-order chi connectivity index (χ1) is 12.6. The van der Waals surface area contributed by atoms with Gasteiger partial charge in [-0.3, -0.25) is 4.79 Å². The molecule has 0 spiro atoms. The monoisotopic (exact) mass is 356 g/mol. The first-order valence-electron chi connectivity index (χ1n) is 8.32. The van der Waals surface area contributed by atoms with Crippen LogP contribution in [0, 0.1) is 5.92 Å². The normalized spacial score (nSPS) is 14.7. The van der Waals surface area contributed by atoms with Crippen LogP contribution in [0.25, 0.3) is 0 Å². The topological polar surface area (TPSA) is 105 Å². The lowest BCUT2D eigenvalue weighted by Crippen LogP contribution is -2.36. The van der Waals surface area contributed by atoms with Crippen LogP contribution in [0.3, 0.4) is 0 Å². The summed E-state index contributed by atoms with van der Waals surface area (Å²) in [6.07, 6.45) is 2.66. The van der Waals surface area contributed by atoms with Gasteiger partial charge in [-0.25, -0.2) is 14.8 Å². The lowest BCUT2D eigenvalue weighted by Gasteiger charge is -2.31. The number of piperidine rings is 1. The van der Waals surface area contributed by atoms with Crippen LogP contribution in [0.2, 0.25) is 0 Å². The fourth-order valence-corrected chi connectivity index (χ4v) is 2.93. The van der Waals surface area contributed by atoms with Crippen molar-refractivity contribution in [2.24, 2.45) is 5.92 Å². The van der Waals surface area contributed by atoms with Crippen LogP contribution in [0.1, 0.15) is 23.2 Å². The number of aromatic nitrogens is 2. The minimum Gasteiger partial charge on any atom is -0.481 e. The van der Waals surface area contributed by atoms with Gasteiger partial charge in [-0.1, -0.05) is 6.07 Å². The lowest BCUT2D eigenvalue weighted by molar-refractivity contribution is -0.142. The van der Waals surface area contributed by atoms with E-state index in [1.165, 1.54) is 13.4 Å². The number of hydrogen-bond acceptors (Lipinski definition) is 7. The summed E-state index contributed by atoms with van der Waals surface area (Å²) in [4.78, 5) is 33.2. The zero-order chi connectivity index (χ0) is 18.5. The molecule has 26 heavy (non-hydrogen) atoms. The third kappa shape index (κ3) is 4.08. The van der Waals surface area contributed by atoms with Gasteiger partial charge in [-0.05, 0) is 31.0 Å². The van der Waals surface area contributed by atoms with E-state index in [0.29, 0.717) is 43.0 Å². The minimum absolute atomic E-state index is 0.285. The van der Waals surface area contributed by atoms with E-state index >= 15 is 0 Å². The number of hydrogen-bond donors (Lipinski definition) is 2. The molecule has 0 amide bonds. The van der Waals surface area contributed by atoms with Crippen LogP contribution in [0.4, 0.5) is 17.3 Å². The van der Waals surface area contributed by atoms with Gasteiger partial charge in [0.05, 0.1) is 18.6 Å². The third-order valence-corrected chi connectivity index (χ3v) is 4.38. The number of anilines is 3. The van der Waals surface area contributed by atoms with Gasteiger partial charge in [0, 0.05) is 24.8 Å². The highest BCUT2D eigenvalue weighted by molar-refractivity contribution is 5.90. The zero-order valence-electron chi connectivity index (χ0n) is 14.4. The molecule has 1 aromatic carbocycles. The maximum atomic E-state index is 11.6.